The monoisotopic (exact) mass is 631 g/mol. The summed E-state index contributed by atoms with van der Waals surface area (Å²) in [6.45, 7) is 2.13. The van der Waals surface area contributed by atoms with E-state index in [1.807, 2.05) is 12.1 Å². The lowest BCUT2D eigenvalue weighted by Gasteiger charge is -2.09. The maximum absolute atomic E-state index is 12.1. The molecule has 5 nitrogen and oxygen atoms in total. The Bertz CT molecular complexity index is 471. The molecule has 0 saturated heterocycles. The smallest absolute Gasteiger partial charge is 0.252 e. The first-order valence-corrected chi connectivity index (χ1v) is 9.49. The van der Waals surface area contributed by atoms with E-state index in [9.17, 15) is 4.79 Å². The molecular formula is C13H16I3NO4. The summed E-state index contributed by atoms with van der Waals surface area (Å²) < 4.78 is 13.5. The number of ether oxygens (including phenoxy) is 2. The van der Waals surface area contributed by atoms with Crippen molar-refractivity contribution in [2.45, 2.75) is 0 Å². The standard InChI is InChI=1S/C13H16I3NO4/c14-9-7-10(12(16)11(15)8-9)13(19)17-1-3-20-5-6-21-4-2-18/h7-8,18H,1-6H2,(H,17,19). The Morgan fingerprint density at radius 1 is 1.10 bits per heavy atom. The molecule has 1 aromatic carbocycles. The van der Waals surface area contributed by atoms with Gasteiger partial charge in [-0.3, -0.25) is 4.79 Å². The molecule has 0 radical (unpaired) electrons. The molecule has 1 rings (SSSR count). The van der Waals surface area contributed by atoms with Gasteiger partial charge in [0.15, 0.2) is 0 Å². The topological polar surface area (TPSA) is 67.8 Å². The van der Waals surface area contributed by atoms with Gasteiger partial charge in [0.1, 0.15) is 0 Å². The molecule has 8 heteroatoms. The van der Waals surface area contributed by atoms with Crippen LogP contribution in [0, 0.1) is 10.7 Å². The third kappa shape index (κ3) is 7.72. The first-order chi connectivity index (χ1) is 10.1. The van der Waals surface area contributed by atoms with Crippen LogP contribution in [0.4, 0.5) is 0 Å². The first-order valence-electron chi connectivity index (χ1n) is 6.25. The van der Waals surface area contributed by atoms with Gasteiger partial charge < -0.3 is 19.9 Å². The number of benzene rings is 1. The Balaban J connectivity index is 2.28. The van der Waals surface area contributed by atoms with Gasteiger partial charge in [-0.25, -0.2) is 0 Å². The van der Waals surface area contributed by atoms with Gasteiger partial charge in [-0.15, -0.1) is 0 Å². The normalized spacial score (nSPS) is 10.7. The van der Waals surface area contributed by atoms with Gasteiger partial charge in [-0.05, 0) is 79.9 Å². The average Bonchev–Trinajstić information content (AvgIpc) is 2.45. The number of nitrogens with one attached hydrogen (secondary N) is 1. The van der Waals surface area contributed by atoms with E-state index in [4.69, 9.17) is 14.6 Å². The average molecular weight is 631 g/mol. The van der Waals surface area contributed by atoms with Crippen LogP contribution in [-0.4, -0.2) is 50.6 Å². The predicted octanol–water partition coefficient (Wildman–Crippen LogP) is 2.26. The number of hydrogen-bond donors (Lipinski definition) is 2. The lowest BCUT2D eigenvalue weighted by atomic mass is 10.2. The van der Waals surface area contributed by atoms with Crippen molar-refractivity contribution < 1.29 is 19.4 Å². The van der Waals surface area contributed by atoms with Crippen LogP contribution in [0.3, 0.4) is 0 Å². The van der Waals surface area contributed by atoms with Crippen LogP contribution in [-0.2, 0) is 9.47 Å². The summed E-state index contributed by atoms with van der Waals surface area (Å²) in [6.07, 6.45) is 0. The molecule has 21 heavy (non-hydrogen) atoms. The highest BCUT2D eigenvalue weighted by atomic mass is 127. The SMILES string of the molecule is O=C(NCCOCCOCCO)c1cc(I)cc(I)c1I. The van der Waals surface area contributed by atoms with Gasteiger partial charge in [-0.1, -0.05) is 0 Å². The van der Waals surface area contributed by atoms with Crippen LogP contribution in [0.25, 0.3) is 0 Å². The molecule has 0 aliphatic rings. The van der Waals surface area contributed by atoms with Gasteiger partial charge >= 0.3 is 0 Å². The molecular weight excluding hydrogens is 615 g/mol. The second-order valence-corrected chi connectivity index (χ2v) is 7.44. The van der Waals surface area contributed by atoms with Gasteiger partial charge in [0, 0.05) is 17.3 Å². The minimum absolute atomic E-state index is 0.0172. The molecule has 0 unspecified atom stereocenters. The second kappa shape index (κ2) is 11.3. The van der Waals surface area contributed by atoms with Crippen LogP contribution in [0.1, 0.15) is 10.4 Å². The highest BCUT2D eigenvalue weighted by Crippen LogP contribution is 2.22. The van der Waals surface area contributed by atoms with E-state index in [0.717, 1.165) is 10.7 Å². The molecule has 0 aliphatic heterocycles. The van der Waals surface area contributed by atoms with E-state index >= 15 is 0 Å². The fourth-order valence-corrected chi connectivity index (χ4v) is 3.84. The summed E-state index contributed by atoms with van der Waals surface area (Å²) in [5, 5.41) is 11.4. The highest BCUT2D eigenvalue weighted by molar-refractivity contribution is 14.1. The number of carbonyl (C=O) groups excluding carboxylic acids is 1. The zero-order valence-corrected chi connectivity index (χ0v) is 17.7. The molecule has 0 atom stereocenters. The van der Waals surface area contributed by atoms with Crippen molar-refractivity contribution in [2.75, 3.05) is 39.6 Å². The molecule has 0 bridgehead atoms. The lowest BCUT2D eigenvalue weighted by Crippen LogP contribution is -2.28. The van der Waals surface area contributed by atoms with Crippen molar-refractivity contribution in [3.05, 3.63) is 28.4 Å². The summed E-state index contributed by atoms with van der Waals surface area (Å²) in [7, 11) is 0. The van der Waals surface area contributed by atoms with E-state index in [1.54, 1.807) is 0 Å². The van der Waals surface area contributed by atoms with E-state index in [0.29, 0.717) is 38.5 Å². The third-order valence-corrected chi connectivity index (χ3v) is 6.05. The van der Waals surface area contributed by atoms with Gasteiger partial charge in [-0.2, -0.15) is 0 Å². The highest BCUT2D eigenvalue weighted by Gasteiger charge is 2.13. The van der Waals surface area contributed by atoms with Crippen molar-refractivity contribution in [3.63, 3.8) is 0 Å². The quantitative estimate of drug-likeness (QED) is 0.250. The summed E-state index contributed by atoms with van der Waals surface area (Å²) in [4.78, 5) is 12.1. The zero-order valence-electron chi connectivity index (χ0n) is 11.2. The molecule has 0 saturated carbocycles. The number of halogens is 3. The van der Waals surface area contributed by atoms with E-state index in [1.165, 1.54) is 0 Å². The molecule has 2 N–H and O–H groups in total. The van der Waals surface area contributed by atoms with Crippen LogP contribution >= 0.6 is 67.8 Å². The number of carbonyl (C=O) groups is 1. The van der Waals surface area contributed by atoms with Crippen molar-refractivity contribution in [1.29, 1.82) is 0 Å². The fraction of sp³-hybridized carbons (Fsp3) is 0.462. The lowest BCUT2D eigenvalue weighted by molar-refractivity contribution is 0.0338. The first kappa shape index (κ1) is 19.8. The number of aliphatic hydroxyl groups excluding tert-OH is 1. The van der Waals surface area contributed by atoms with Crippen molar-refractivity contribution in [2.24, 2.45) is 0 Å². The number of amides is 1. The molecule has 1 aromatic rings. The Labute approximate surface area is 165 Å². The van der Waals surface area contributed by atoms with Crippen LogP contribution < -0.4 is 5.32 Å². The van der Waals surface area contributed by atoms with Crippen LogP contribution in [0.2, 0.25) is 0 Å². The van der Waals surface area contributed by atoms with Crippen molar-refractivity contribution in [1.82, 2.24) is 5.32 Å². The van der Waals surface area contributed by atoms with E-state index < -0.39 is 0 Å². The minimum atomic E-state index is -0.0871. The largest absolute Gasteiger partial charge is 0.394 e. The predicted molar refractivity (Wildman–Crippen MR) is 106 cm³/mol. The molecule has 0 fully saturated rings. The molecule has 1 amide bonds. The van der Waals surface area contributed by atoms with Crippen LogP contribution in [0.15, 0.2) is 12.1 Å². The summed E-state index contributed by atoms with van der Waals surface area (Å²) >= 11 is 6.61. The van der Waals surface area contributed by atoms with Crippen LogP contribution in [0.5, 0.6) is 0 Å². The van der Waals surface area contributed by atoms with Crippen molar-refractivity contribution in [3.8, 4) is 0 Å². The Morgan fingerprint density at radius 3 is 2.43 bits per heavy atom. The molecule has 0 aromatic heterocycles. The number of rotatable bonds is 9. The van der Waals surface area contributed by atoms with Crippen molar-refractivity contribution >= 4 is 73.7 Å². The minimum Gasteiger partial charge on any atom is -0.394 e. The zero-order chi connectivity index (χ0) is 15.7. The van der Waals surface area contributed by atoms with E-state index in [-0.39, 0.29) is 12.5 Å². The molecule has 0 heterocycles. The Morgan fingerprint density at radius 2 is 1.76 bits per heavy atom. The molecule has 118 valence electrons. The number of aliphatic hydroxyl groups is 1. The Hall–Kier alpha value is 0.760. The van der Waals surface area contributed by atoms with Gasteiger partial charge in [0.25, 0.3) is 5.91 Å². The maximum Gasteiger partial charge on any atom is 0.252 e. The van der Waals surface area contributed by atoms with Gasteiger partial charge in [0.05, 0.1) is 38.6 Å². The third-order valence-electron chi connectivity index (χ3n) is 2.38. The fourth-order valence-electron chi connectivity index (χ4n) is 1.44. The number of hydrogen-bond acceptors (Lipinski definition) is 4. The van der Waals surface area contributed by atoms with E-state index in [2.05, 4.69) is 73.1 Å². The Kier molecular flexibility index (Phi) is 10.7. The summed E-state index contributed by atoms with van der Waals surface area (Å²) in [6, 6.07) is 3.92. The van der Waals surface area contributed by atoms with Gasteiger partial charge in [0.2, 0.25) is 0 Å². The molecule has 0 spiro atoms. The maximum atomic E-state index is 12.1. The molecule has 0 aliphatic carbocycles. The summed E-state index contributed by atoms with van der Waals surface area (Å²) in [5.74, 6) is -0.0871. The summed E-state index contributed by atoms with van der Waals surface area (Å²) in [5.41, 5.74) is 0.693. The second-order valence-electron chi connectivity index (χ2n) is 3.95.